The molecule has 1 saturated heterocycles. The van der Waals surface area contributed by atoms with Gasteiger partial charge in [0.2, 0.25) is 0 Å². The summed E-state index contributed by atoms with van der Waals surface area (Å²) in [6.45, 7) is 0.953. The Morgan fingerprint density at radius 1 is 1.09 bits per heavy atom. The van der Waals surface area contributed by atoms with Crippen molar-refractivity contribution < 1.29 is 29.3 Å². The van der Waals surface area contributed by atoms with E-state index in [1.807, 2.05) is 19.0 Å². The lowest BCUT2D eigenvalue weighted by atomic mass is 9.95. The van der Waals surface area contributed by atoms with E-state index in [9.17, 15) is 19.8 Å². The Morgan fingerprint density at radius 3 is 2.26 bits per heavy atom. The Kier molecular flexibility index (Phi) is 7.97. The lowest BCUT2D eigenvalue weighted by molar-refractivity contribution is -0.139. The maximum atomic E-state index is 13.1. The van der Waals surface area contributed by atoms with Crippen LogP contribution in [0.2, 0.25) is 10.0 Å². The lowest BCUT2D eigenvalue weighted by Gasteiger charge is -2.26. The lowest BCUT2D eigenvalue weighted by Crippen LogP contribution is -2.32. The van der Waals surface area contributed by atoms with Crippen LogP contribution in [0, 0.1) is 0 Å². The number of rotatable bonds is 8. The minimum Gasteiger partial charge on any atom is -0.507 e. The number of nitrogens with zero attached hydrogens (tertiary/aromatic N) is 2. The number of aromatic hydroxyl groups is 1. The highest BCUT2D eigenvalue weighted by atomic mass is 35.5. The molecule has 2 aromatic rings. The number of aliphatic hydroxyl groups excluding tert-OH is 1. The number of benzene rings is 2. The molecule has 1 heterocycles. The van der Waals surface area contributed by atoms with Gasteiger partial charge in [-0.3, -0.25) is 9.59 Å². The van der Waals surface area contributed by atoms with Crippen LogP contribution in [0.15, 0.2) is 35.9 Å². The van der Waals surface area contributed by atoms with Crippen LogP contribution in [0.4, 0.5) is 0 Å². The predicted octanol–water partition coefficient (Wildman–Crippen LogP) is 4.09. The number of aliphatic hydroxyl groups is 1. The van der Waals surface area contributed by atoms with Gasteiger partial charge in [-0.1, -0.05) is 29.3 Å². The molecule has 1 atom stereocenters. The molecule has 0 saturated carbocycles. The molecule has 1 fully saturated rings. The zero-order valence-electron chi connectivity index (χ0n) is 19.3. The van der Waals surface area contributed by atoms with Crippen molar-refractivity contribution in [3.05, 3.63) is 57.1 Å². The van der Waals surface area contributed by atoms with Crippen LogP contribution in [0.25, 0.3) is 5.76 Å². The molecule has 0 spiro atoms. The molecular formula is C24H26Cl2N2O6. The summed E-state index contributed by atoms with van der Waals surface area (Å²) in [6, 6.07) is 6.46. The summed E-state index contributed by atoms with van der Waals surface area (Å²) < 4.78 is 10.3. The molecule has 3 rings (SSSR count). The smallest absolute Gasteiger partial charge is 0.295 e. The first-order chi connectivity index (χ1) is 16.1. The highest BCUT2D eigenvalue weighted by molar-refractivity contribution is 6.46. The van der Waals surface area contributed by atoms with E-state index in [0.29, 0.717) is 18.5 Å². The van der Waals surface area contributed by atoms with E-state index in [2.05, 4.69) is 0 Å². The van der Waals surface area contributed by atoms with Gasteiger partial charge in [-0.2, -0.15) is 0 Å². The van der Waals surface area contributed by atoms with Gasteiger partial charge in [0, 0.05) is 12.1 Å². The Morgan fingerprint density at radius 2 is 1.74 bits per heavy atom. The highest BCUT2D eigenvalue weighted by Gasteiger charge is 2.46. The van der Waals surface area contributed by atoms with Crippen LogP contribution in [0.3, 0.4) is 0 Å². The molecule has 1 aliphatic heterocycles. The number of carbonyl (C=O) groups is 2. The third-order valence-electron chi connectivity index (χ3n) is 5.54. The molecule has 8 nitrogen and oxygen atoms in total. The molecule has 2 N–H and O–H groups in total. The van der Waals surface area contributed by atoms with Crippen LogP contribution >= 0.6 is 23.2 Å². The van der Waals surface area contributed by atoms with Crippen molar-refractivity contribution in [1.29, 1.82) is 0 Å². The average Bonchev–Trinajstić information content (AvgIpc) is 3.03. The predicted molar refractivity (Wildman–Crippen MR) is 130 cm³/mol. The number of carbonyl (C=O) groups excluding carboxylic acids is 2. The van der Waals surface area contributed by atoms with Gasteiger partial charge in [-0.05, 0) is 56.9 Å². The minimum atomic E-state index is -0.932. The summed E-state index contributed by atoms with van der Waals surface area (Å²) in [5.74, 6) is -1.71. The van der Waals surface area contributed by atoms with Crippen LogP contribution in [-0.4, -0.2) is 73.1 Å². The average molecular weight is 509 g/mol. The number of phenolic OH excluding ortho intramolecular Hbond substituents is 1. The fraction of sp³-hybridized carbons (Fsp3) is 0.333. The van der Waals surface area contributed by atoms with Crippen molar-refractivity contribution >= 4 is 40.7 Å². The monoisotopic (exact) mass is 508 g/mol. The molecule has 0 radical (unpaired) electrons. The maximum absolute atomic E-state index is 13.1. The zero-order chi connectivity index (χ0) is 25.2. The number of Topliss-reactive ketones (excluding diaryl/α,β-unsaturated/α-hetero) is 1. The second kappa shape index (κ2) is 10.5. The normalized spacial score (nSPS) is 17.5. The van der Waals surface area contributed by atoms with Crippen molar-refractivity contribution in [3.8, 4) is 17.2 Å². The molecule has 0 bridgehead atoms. The van der Waals surface area contributed by atoms with E-state index in [0.717, 1.165) is 0 Å². The Labute approximate surface area is 207 Å². The molecule has 1 amide bonds. The fourth-order valence-corrected chi connectivity index (χ4v) is 4.58. The van der Waals surface area contributed by atoms with Crippen molar-refractivity contribution in [2.24, 2.45) is 0 Å². The summed E-state index contributed by atoms with van der Waals surface area (Å²) in [6.07, 6.45) is 0.596. The first kappa shape index (κ1) is 25.7. The Balaban J connectivity index is 2.17. The molecule has 1 unspecified atom stereocenters. The van der Waals surface area contributed by atoms with Crippen LogP contribution < -0.4 is 9.47 Å². The Bertz CT molecular complexity index is 1130. The van der Waals surface area contributed by atoms with Gasteiger partial charge in [0.05, 0.1) is 35.9 Å². The second-order valence-electron chi connectivity index (χ2n) is 8.05. The van der Waals surface area contributed by atoms with Crippen LogP contribution in [0.1, 0.15) is 23.6 Å². The Hall–Kier alpha value is -2.94. The number of phenols is 1. The SMILES string of the molecule is COc1ccc(C2/C(=C(\O)c3cc(Cl)c(OC)c(Cl)c3)C(=O)C(=O)N2CCCN(C)C)cc1O. The number of halogens is 2. The number of methoxy groups -OCH3 is 2. The van der Waals surface area contributed by atoms with Gasteiger partial charge in [0.1, 0.15) is 5.76 Å². The number of ketones is 1. The summed E-state index contributed by atoms with van der Waals surface area (Å²) in [5.41, 5.74) is 0.469. The van der Waals surface area contributed by atoms with Crippen LogP contribution in [0.5, 0.6) is 17.2 Å². The van der Waals surface area contributed by atoms with E-state index >= 15 is 0 Å². The van der Waals surface area contributed by atoms with Gasteiger partial charge in [0.25, 0.3) is 11.7 Å². The molecule has 0 aromatic heterocycles. The van der Waals surface area contributed by atoms with Gasteiger partial charge in [0.15, 0.2) is 17.2 Å². The minimum absolute atomic E-state index is 0.128. The maximum Gasteiger partial charge on any atom is 0.295 e. The number of likely N-dealkylation sites (tertiary alicyclic amines) is 1. The largest absolute Gasteiger partial charge is 0.507 e. The van der Waals surface area contributed by atoms with E-state index in [1.165, 1.54) is 43.4 Å². The standard InChI is InChI=1S/C24H26Cl2N2O6/c1-27(2)8-5-9-28-20(13-6-7-18(33-3)17(29)12-13)19(22(31)24(28)32)21(30)14-10-15(25)23(34-4)16(26)11-14/h6-7,10-12,20,29-30H,5,8-9H2,1-4H3/b21-19+. The molecular weight excluding hydrogens is 483 g/mol. The number of ether oxygens (including phenoxy) is 2. The quantitative estimate of drug-likeness (QED) is 0.314. The molecule has 1 aliphatic rings. The topological polar surface area (TPSA) is 99.5 Å². The first-order valence-electron chi connectivity index (χ1n) is 10.4. The molecule has 0 aliphatic carbocycles. The summed E-state index contributed by atoms with van der Waals surface area (Å²) >= 11 is 12.5. The highest BCUT2D eigenvalue weighted by Crippen LogP contribution is 2.43. The molecule has 2 aromatic carbocycles. The molecule has 34 heavy (non-hydrogen) atoms. The van der Waals surface area contributed by atoms with Crippen molar-refractivity contribution in [1.82, 2.24) is 9.80 Å². The fourth-order valence-electron chi connectivity index (χ4n) is 3.94. The van der Waals surface area contributed by atoms with E-state index in [4.69, 9.17) is 32.7 Å². The van der Waals surface area contributed by atoms with Gasteiger partial charge in [-0.25, -0.2) is 0 Å². The number of hydrogen-bond acceptors (Lipinski definition) is 7. The second-order valence-corrected chi connectivity index (χ2v) is 8.87. The van der Waals surface area contributed by atoms with Gasteiger partial charge >= 0.3 is 0 Å². The van der Waals surface area contributed by atoms with Crippen molar-refractivity contribution in [2.75, 3.05) is 41.4 Å². The van der Waals surface area contributed by atoms with E-state index in [-0.39, 0.29) is 45.0 Å². The number of hydrogen-bond donors (Lipinski definition) is 2. The molecule has 10 heteroatoms. The summed E-state index contributed by atoms with van der Waals surface area (Å²) in [5, 5.41) is 21.8. The third kappa shape index (κ3) is 4.94. The van der Waals surface area contributed by atoms with Crippen molar-refractivity contribution in [3.63, 3.8) is 0 Å². The third-order valence-corrected chi connectivity index (χ3v) is 6.10. The van der Waals surface area contributed by atoms with E-state index in [1.54, 1.807) is 6.07 Å². The van der Waals surface area contributed by atoms with Gasteiger partial charge < -0.3 is 29.5 Å². The summed E-state index contributed by atoms with van der Waals surface area (Å²) in [7, 11) is 6.63. The number of amides is 1. The summed E-state index contributed by atoms with van der Waals surface area (Å²) in [4.78, 5) is 29.5. The van der Waals surface area contributed by atoms with Gasteiger partial charge in [-0.15, -0.1) is 0 Å². The van der Waals surface area contributed by atoms with Crippen LogP contribution in [-0.2, 0) is 9.59 Å². The van der Waals surface area contributed by atoms with E-state index < -0.39 is 23.5 Å². The van der Waals surface area contributed by atoms with Crippen molar-refractivity contribution in [2.45, 2.75) is 12.5 Å². The first-order valence-corrected chi connectivity index (χ1v) is 11.2. The molecule has 182 valence electrons. The zero-order valence-corrected chi connectivity index (χ0v) is 20.8.